The number of aromatic amines is 1. The molecule has 0 amide bonds. The van der Waals surface area contributed by atoms with E-state index in [-0.39, 0.29) is 4.87 Å². The van der Waals surface area contributed by atoms with Gasteiger partial charge in [0.2, 0.25) is 0 Å². The summed E-state index contributed by atoms with van der Waals surface area (Å²) in [5, 5.41) is 5.50. The molecule has 0 radical (unpaired) electrons. The number of rotatable bonds is 3. The van der Waals surface area contributed by atoms with Crippen molar-refractivity contribution in [3.63, 3.8) is 0 Å². The van der Waals surface area contributed by atoms with E-state index < -0.39 is 0 Å². The molecule has 2 aliphatic rings. The molecule has 2 unspecified atom stereocenters. The summed E-state index contributed by atoms with van der Waals surface area (Å²) in [4.78, 5) is 16.5. The summed E-state index contributed by atoms with van der Waals surface area (Å²) in [6, 6.07) is 2.16. The van der Waals surface area contributed by atoms with Crippen molar-refractivity contribution in [1.82, 2.24) is 15.2 Å². The van der Waals surface area contributed by atoms with Gasteiger partial charge in [0, 0.05) is 35.7 Å². The number of piperidine rings is 1. The summed E-state index contributed by atoms with van der Waals surface area (Å²) < 4.78 is 0. The fourth-order valence-corrected chi connectivity index (χ4v) is 3.81. The number of nitrogens with zero attached hydrogens (tertiary/aromatic N) is 1. The number of hydrogen-bond donors (Lipinski definition) is 2. The molecule has 2 atom stereocenters. The molecule has 1 aromatic heterocycles. The van der Waals surface area contributed by atoms with Crippen LogP contribution in [0.25, 0.3) is 0 Å². The third-order valence-electron chi connectivity index (χ3n) is 4.25. The number of aromatic nitrogens is 1. The van der Waals surface area contributed by atoms with Gasteiger partial charge in [-0.15, -0.1) is 0 Å². The maximum atomic E-state index is 11.0. The number of hydrogen-bond acceptors (Lipinski definition) is 4. The van der Waals surface area contributed by atoms with Crippen molar-refractivity contribution in [1.29, 1.82) is 0 Å². The van der Waals surface area contributed by atoms with E-state index >= 15 is 0 Å². The first-order valence-corrected chi connectivity index (χ1v) is 7.22. The zero-order chi connectivity index (χ0) is 11.8. The standard InChI is InChI=1S/C12H19N3OS/c1-15-10-2-3-11(15)5-8(4-10)13-6-9-7-17-12(16)14-9/h7-8,10-11,13H,2-6H2,1H3,(H,14,16). The van der Waals surface area contributed by atoms with Crippen molar-refractivity contribution in [2.45, 2.75) is 50.4 Å². The molecule has 17 heavy (non-hydrogen) atoms. The average Bonchev–Trinajstić information content (AvgIpc) is 2.78. The SMILES string of the molecule is CN1C2CCC1CC(NCc1csc(=O)[nH]1)C2. The largest absolute Gasteiger partial charge is 0.315 e. The van der Waals surface area contributed by atoms with Gasteiger partial charge in [0.05, 0.1) is 0 Å². The average molecular weight is 253 g/mol. The lowest BCUT2D eigenvalue weighted by Gasteiger charge is -2.36. The van der Waals surface area contributed by atoms with Crippen molar-refractivity contribution in [3.8, 4) is 0 Å². The van der Waals surface area contributed by atoms with Crippen LogP contribution in [0.15, 0.2) is 10.2 Å². The molecule has 0 aromatic carbocycles. The maximum Gasteiger partial charge on any atom is 0.304 e. The highest BCUT2D eigenvalue weighted by Crippen LogP contribution is 2.34. The van der Waals surface area contributed by atoms with Gasteiger partial charge in [0.1, 0.15) is 0 Å². The minimum Gasteiger partial charge on any atom is -0.315 e. The fraction of sp³-hybridized carbons (Fsp3) is 0.750. The molecule has 1 aromatic rings. The Kier molecular flexibility index (Phi) is 3.06. The van der Waals surface area contributed by atoms with Gasteiger partial charge in [-0.25, -0.2) is 0 Å². The van der Waals surface area contributed by atoms with E-state index in [0.717, 1.165) is 24.3 Å². The quantitative estimate of drug-likeness (QED) is 0.849. The van der Waals surface area contributed by atoms with E-state index in [2.05, 4.69) is 22.2 Å². The Labute approximate surface area is 105 Å². The van der Waals surface area contributed by atoms with Gasteiger partial charge in [0.15, 0.2) is 0 Å². The van der Waals surface area contributed by atoms with Gasteiger partial charge in [-0.1, -0.05) is 11.3 Å². The lowest BCUT2D eigenvalue weighted by Crippen LogP contribution is -2.47. The minimum atomic E-state index is 0.0465. The third kappa shape index (κ3) is 2.32. The summed E-state index contributed by atoms with van der Waals surface area (Å²) in [5.74, 6) is 0. The molecule has 5 heteroatoms. The van der Waals surface area contributed by atoms with Gasteiger partial charge in [-0.3, -0.25) is 4.79 Å². The smallest absolute Gasteiger partial charge is 0.304 e. The van der Waals surface area contributed by atoms with Gasteiger partial charge >= 0.3 is 4.87 Å². The van der Waals surface area contributed by atoms with Gasteiger partial charge in [0.25, 0.3) is 0 Å². The number of thiazole rings is 1. The predicted octanol–water partition coefficient (Wildman–Crippen LogP) is 1.15. The Bertz CT molecular complexity index is 427. The second-order valence-electron chi connectivity index (χ2n) is 5.27. The summed E-state index contributed by atoms with van der Waals surface area (Å²) in [5.41, 5.74) is 1.02. The Balaban J connectivity index is 1.55. The summed E-state index contributed by atoms with van der Waals surface area (Å²) in [7, 11) is 2.26. The van der Waals surface area contributed by atoms with E-state index in [1.165, 1.54) is 37.0 Å². The van der Waals surface area contributed by atoms with E-state index in [0.29, 0.717) is 6.04 Å². The molecule has 3 heterocycles. The molecule has 0 spiro atoms. The van der Waals surface area contributed by atoms with Crippen LogP contribution >= 0.6 is 11.3 Å². The van der Waals surface area contributed by atoms with Crippen molar-refractivity contribution >= 4 is 11.3 Å². The Morgan fingerprint density at radius 3 is 2.76 bits per heavy atom. The van der Waals surface area contributed by atoms with E-state index in [4.69, 9.17) is 0 Å². The van der Waals surface area contributed by atoms with Crippen LogP contribution in [0.2, 0.25) is 0 Å². The first-order chi connectivity index (χ1) is 8.22. The second-order valence-corrected chi connectivity index (χ2v) is 6.12. The van der Waals surface area contributed by atoms with Crippen molar-refractivity contribution in [2.75, 3.05) is 7.05 Å². The lowest BCUT2D eigenvalue weighted by molar-refractivity contribution is 0.148. The predicted molar refractivity (Wildman–Crippen MR) is 69.4 cm³/mol. The van der Waals surface area contributed by atoms with Crippen LogP contribution in [0.5, 0.6) is 0 Å². The van der Waals surface area contributed by atoms with E-state index in [9.17, 15) is 4.79 Å². The molecule has 3 rings (SSSR count). The van der Waals surface area contributed by atoms with Crippen LogP contribution in [0.1, 0.15) is 31.4 Å². The topological polar surface area (TPSA) is 48.1 Å². The van der Waals surface area contributed by atoms with Crippen molar-refractivity contribution in [3.05, 3.63) is 20.7 Å². The second kappa shape index (κ2) is 4.55. The van der Waals surface area contributed by atoms with Crippen molar-refractivity contribution in [2.24, 2.45) is 0 Å². The molecule has 2 saturated heterocycles. The van der Waals surface area contributed by atoms with Gasteiger partial charge < -0.3 is 15.2 Å². The lowest BCUT2D eigenvalue weighted by atomic mass is 9.98. The van der Waals surface area contributed by atoms with Crippen LogP contribution in [0, 0.1) is 0 Å². The van der Waals surface area contributed by atoms with E-state index in [1.54, 1.807) is 0 Å². The molecule has 2 bridgehead atoms. The zero-order valence-electron chi connectivity index (χ0n) is 10.1. The molecule has 2 N–H and O–H groups in total. The first kappa shape index (κ1) is 11.4. The van der Waals surface area contributed by atoms with Crippen LogP contribution in [-0.4, -0.2) is 35.1 Å². The van der Waals surface area contributed by atoms with E-state index in [1.807, 2.05) is 5.38 Å². The zero-order valence-corrected chi connectivity index (χ0v) is 10.9. The van der Waals surface area contributed by atoms with Crippen LogP contribution in [0.3, 0.4) is 0 Å². The summed E-state index contributed by atoms with van der Waals surface area (Å²) >= 11 is 1.25. The molecule has 2 fully saturated rings. The molecular formula is C12H19N3OS. The molecule has 4 nitrogen and oxygen atoms in total. The normalized spacial score (nSPS) is 33.1. The summed E-state index contributed by atoms with van der Waals surface area (Å²) in [6.45, 7) is 0.798. The highest BCUT2D eigenvalue weighted by atomic mass is 32.1. The maximum absolute atomic E-state index is 11.0. The molecule has 94 valence electrons. The van der Waals surface area contributed by atoms with Crippen molar-refractivity contribution < 1.29 is 0 Å². The fourth-order valence-electron chi connectivity index (χ4n) is 3.23. The highest BCUT2D eigenvalue weighted by molar-refractivity contribution is 7.07. The van der Waals surface area contributed by atoms with Crippen LogP contribution < -0.4 is 10.2 Å². The third-order valence-corrected chi connectivity index (χ3v) is 4.97. The number of nitrogens with one attached hydrogen (secondary N) is 2. The summed E-state index contributed by atoms with van der Waals surface area (Å²) in [6.07, 6.45) is 5.21. The molecule has 0 aliphatic carbocycles. The van der Waals surface area contributed by atoms with Crippen LogP contribution in [-0.2, 0) is 6.54 Å². The first-order valence-electron chi connectivity index (χ1n) is 6.34. The van der Waals surface area contributed by atoms with Gasteiger partial charge in [-0.05, 0) is 32.7 Å². The molecule has 0 saturated carbocycles. The molecular weight excluding hydrogens is 234 g/mol. The number of H-pyrrole nitrogens is 1. The Morgan fingerprint density at radius 2 is 2.18 bits per heavy atom. The Morgan fingerprint density at radius 1 is 1.47 bits per heavy atom. The minimum absolute atomic E-state index is 0.0465. The Hall–Kier alpha value is -0.650. The highest BCUT2D eigenvalue weighted by Gasteiger charge is 2.37. The molecule has 2 aliphatic heterocycles. The van der Waals surface area contributed by atoms with Gasteiger partial charge in [-0.2, -0.15) is 0 Å². The number of fused-ring (bicyclic) bond motifs is 2. The monoisotopic (exact) mass is 253 g/mol. The van der Waals surface area contributed by atoms with Crippen LogP contribution in [0.4, 0.5) is 0 Å².